The minimum absolute atomic E-state index is 0.482. The van der Waals surface area contributed by atoms with Crippen LogP contribution in [0, 0.1) is 0 Å². The highest BCUT2D eigenvalue weighted by Crippen LogP contribution is 2.38. The summed E-state index contributed by atoms with van der Waals surface area (Å²) >= 11 is 0. The number of ether oxygens (including phenoxy) is 3. The van der Waals surface area contributed by atoms with E-state index in [-0.39, 0.29) is 0 Å². The Kier molecular flexibility index (Phi) is 3.75. The molecule has 0 amide bonds. The predicted molar refractivity (Wildman–Crippen MR) is 69.8 cm³/mol. The van der Waals surface area contributed by atoms with Gasteiger partial charge in [0, 0.05) is 20.8 Å². The number of rotatable bonds is 5. The molecule has 0 atom stereocenters. The highest BCUT2D eigenvalue weighted by atomic mass is 16.7. The van der Waals surface area contributed by atoms with Crippen molar-refractivity contribution < 1.29 is 14.2 Å². The summed E-state index contributed by atoms with van der Waals surface area (Å²) in [6.07, 6.45) is 0. The van der Waals surface area contributed by atoms with E-state index >= 15 is 0 Å². The van der Waals surface area contributed by atoms with Gasteiger partial charge in [-0.1, -0.05) is 12.1 Å². The summed E-state index contributed by atoms with van der Waals surface area (Å²) in [6.45, 7) is 1.83. The van der Waals surface area contributed by atoms with Gasteiger partial charge in [-0.25, -0.2) is 0 Å². The fraction of sp³-hybridized carbons (Fsp3) is 0.538. The summed E-state index contributed by atoms with van der Waals surface area (Å²) < 4.78 is 16.2. The SMILES string of the molecule is COc1cccc(CN)c1N1CC(OC)(OC)C1. The molecule has 18 heavy (non-hydrogen) atoms. The van der Waals surface area contributed by atoms with E-state index in [4.69, 9.17) is 19.9 Å². The number of hydrogen-bond acceptors (Lipinski definition) is 5. The van der Waals surface area contributed by atoms with Crippen molar-refractivity contribution in [1.82, 2.24) is 0 Å². The molecule has 1 aromatic carbocycles. The highest BCUT2D eigenvalue weighted by Gasteiger charge is 2.45. The first-order valence-electron chi connectivity index (χ1n) is 5.91. The molecular weight excluding hydrogens is 232 g/mol. The number of anilines is 1. The fourth-order valence-corrected chi connectivity index (χ4v) is 2.29. The molecule has 0 aromatic heterocycles. The molecule has 100 valence electrons. The van der Waals surface area contributed by atoms with Crippen LogP contribution >= 0.6 is 0 Å². The number of hydrogen-bond donors (Lipinski definition) is 1. The molecule has 0 unspecified atom stereocenters. The summed E-state index contributed by atoms with van der Waals surface area (Å²) in [6, 6.07) is 5.90. The maximum atomic E-state index is 5.78. The van der Waals surface area contributed by atoms with E-state index in [1.54, 1.807) is 21.3 Å². The number of benzene rings is 1. The van der Waals surface area contributed by atoms with E-state index in [1.165, 1.54) is 0 Å². The summed E-state index contributed by atoms with van der Waals surface area (Å²) in [5.74, 6) is 0.325. The number of nitrogens with two attached hydrogens (primary N) is 1. The third kappa shape index (κ3) is 2.05. The minimum atomic E-state index is -0.507. The maximum Gasteiger partial charge on any atom is 0.203 e. The van der Waals surface area contributed by atoms with E-state index in [1.807, 2.05) is 18.2 Å². The fourth-order valence-electron chi connectivity index (χ4n) is 2.29. The van der Waals surface area contributed by atoms with E-state index < -0.39 is 5.79 Å². The van der Waals surface area contributed by atoms with E-state index in [0.29, 0.717) is 19.6 Å². The molecule has 1 aliphatic rings. The zero-order chi connectivity index (χ0) is 13.2. The van der Waals surface area contributed by atoms with Crippen LogP contribution in [0.4, 0.5) is 5.69 Å². The minimum Gasteiger partial charge on any atom is -0.495 e. The third-order valence-electron chi connectivity index (χ3n) is 3.45. The molecule has 0 spiro atoms. The molecule has 1 aromatic rings. The Hall–Kier alpha value is -1.30. The van der Waals surface area contributed by atoms with Crippen molar-refractivity contribution in [3.63, 3.8) is 0 Å². The van der Waals surface area contributed by atoms with Gasteiger partial charge in [0.1, 0.15) is 5.75 Å². The lowest BCUT2D eigenvalue weighted by molar-refractivity contribution is -0.219. The van der Waals surface area contributed by atoms with Crippen molar-refractivity contribution in [1.29, 1.82) is 0 Å². The van der Waals surface area contributed by atoms with Crippen LogP contribution in [-0.2, 0) is 16.0 Å². The average Bonchev–Trinajstić information content (AvgIpc) is 2.38. The molecule has 2 N–H and O–H groups in total. The van der Waals surface area contributed by atoms with Crippen molar-refractivity contribution >= 4 is 5.69 Å². The quantitative estimate of drug-likeness (QED) is 0.791. The van der Waals surface area contributed by atoms with Crippen molar-refractivity contribution in [3.8, 4) is 5.75 Å². The average molecular weight is 252 g/mol. The summed E-state index contributed by atoms with van der Waals surface area (Å²) in [5.41, 5.74) is 7.88. The summed E-state index contributed by atoms with van der Waals surface area (Å²) in [7, 11) is 4.98. The first kappa shape index (κ1) is 13.1. The van der Waals surface area contributed by atoms with Gasteiger partial charge < -0.3 is 24.8 Å². The second-order valence-corrected chi connectivity index (χ2v) is 4.35. The molecule has 0 bridgehead atoms. The van der Waals surface area contributed by atoms with Gasteiger partial charge >= 0.3 is 0 Å². The van der Waals surface area contributed by atoms with E-state index in [0.717, 1.165) is 17.0 Å². The van der Waals surface area contributed by atoms with E-state index in [2.05, 4.69) is 4.90 Å². The number of nitrogens with zero attached hydrogens (tertiary/aromatic N) is 1. The lowest BCUT2D eigenvalue weighted by Gasteiger charge is -2.49. The van der Waals surface area contributed by atoms with E-state index in [9.17, 15) is 0 Å². The standard InChI is InChI=1S/C13H20N2O3/c1-16-11-6-4-5-10(7-14)12(11)15-8-13(9-15,17-2)18-3/h4-6H,7-9,14H2,1-3H3. The molecule has 1 heterocycles. The maximum absolute atomic E-state index is 5.78. The Labute approximate surface area is 107 Å². The Bertz CT molecular complexity index is 388. The molecule has 5 nitrogen and oxygen atoms in total. The highest BCUT2D eigenvalue weighted by molar-refractivity contribution is 5.66. The van der Waals surface area contributed by atoms with Gasteiger partial charge in [-0.15, -0.1) is 0 Å². The molecular formula is C13H20N2O3. The van der Waals surface area contributed by atoms with Crippen LogP contribution in [0.15, 0.2) is 18.2 Å². The van der Waals surface area contributed by atoms with Crippen LogP contribution in [-0.4, -0.2) is 40.2 Å². The van der Waals surface area contributed by atoms with Crippen molar-refractivity contribution in [2.45, 2.75) is 12.3 Å². The molecule has 0 saturated carbocycles. The van der Waals surface area contributed by atoms with Crippen LogP contribution in [0.1, 0.15) is 5.56 Å². The summed E-state index contributed by atoms with van der Waals surface area (Å²) in [5, 5.41) is 0. The van der Waals surface area contributed by atoms with Gasteiger partial charge in [-0.2, -0.15) is 0 Å². The first-order chi connectivity index (χ1) is 8.69. The molecule has 0 aliphatic carbocycles. The molecule has 0 radical (unpaired) electrons. The Morgan fingerprint density at radius 2 is 1.89 bits per heavy atom. The van der Waals surface area contributed by atoms with Crippen LogP contribution in [0.25, 0.3) is 0 Å². The van der Waals surface area contributed by atoms with Crippen LogP contribution in [0.5, 0.6) is 5.75 Å². The first-order valence-corrected chi connectivity index (χ1v) is 5.91. The van der Waals surface area contributed by atoms with Gasteiger partial charge in [-0.05, 0) is 11.6 Å². The Morgan fingerprint density at radius 1 is 1.22 bits per heavy atom. The summed E-state index contributed by atoms with van der Waals surface area (Å²) in [4.78, 5) is 2.16. The van der Waals surface area contributed by atoms with Gasteiger partial charge in [0.15, 0.2) is 0 Å². The molecule has 1 saturated heterocycles. The monoisotopic (exact) mass is 252 g/mol. The second-order valence-electron chi connectivity index (χ2n) is 4.35. The zero-order valence-electron chi connectivity index (χ0n) is 11.1. The van der Waals surface area contributed by atoms with Crippen molar-refractivity contribution in [3.05, 3.63) is 23.8 Å². The van der Waals surface area contributed by atoms with Crippen LogP contribution < -0.4 is 15.4 Å². The van der Waals surface area contributed by atoms with Gasteiger partial charge in [0.2, 0.25) is 5.79 Å². The predicted octanol–water partition coefficient (Wildman–Crippen LogP) is 0.963. The normalized spacial score (nSPS) is 17.4. The molecule has 5 heteroatoms. The van der Waals surface area contributed by atoms with Gasteiger partial charge in [-0.3, -0.25) is 0 Å². The van der Waals surface area contributed by atoms with Gasteiger partial charge in [0.05, 0.1) is 25.9 Å². The number of methoxy groups -OCH3 is 3. The Morgan fingerprint density at radius 3 is 2.39 bits per heavy atom. The molecule has 2 rings (SSSR count). The van der Waals surface area contributed by atoms with Crippen molar-refractivity contribution in [2.24, 2.45) is 5.73 Å². The van der Waals surface area contributed by atoms with Crippen LogP contribution in [0.3, 0.4) is 0 Å². The topological polar surface area (TPSA) is 57.0 Å². The van der Waals surface area contributed by atoms with Crippen molar-refractivity contribution in [2.75, 3.05) is 39.3 Å². The largest absolute Gasteiger partial charge is 0.495 e. The molecule has 1 fully saturated rings. The molecule has 1 aliphatic heterocycles. The number of para-hydroxylation sites is 1. The second kappa shape index (κ2) is 5.14. The van der Waals surface area contributed by atoms with Gasteiger partial charge in [0.25, 0.3) is 0 Å². The van der Waals surface area contributed by atoms with Crippen LogP contribution in [0.2, 0.25) is 0 Å². The lowest BCUT2D eigenvalue weighted by atomic mass is 10.0. The lowest BCUT2D eigenvalue weighted by Crippen LogP contribution is -2.64. The smallest absolute Gasteiger partial charge is 0.203 e. The Balaban J connectivity index is 2.25. The zero-order valence-corrected chi connectivity index (χ0v) is 11.1. The third-order valence-corrected chi connectivity index (χ3v) is 3.45.